The second-order valence-corrected chi connectivity index (χ2v) is 4.83. The molecular weight excluding hydrogens is 234 g/mol. The average Bonchev–Trinajstić information content (AvgIpc) is 2.80. The summed E-state index contributed by atoms with van der Waals surface area (Å²) >= 11 is 0. The van der Waals surface area contributed by atoms with Crippen molar-refractivity contribution in [1.29, 1.82) is 0 Å². The molecule has 3 N–H and O–H groups in total. The standard InChI is InChI=1S/C16H17N3/c1-3-11-7-8-13-14(9-11)19-16(18-13)15-10(2)5-4-6-12(15)17/h4-9H,3,17H2,1-2H3,(H,18,19). The Labute approximate surface area is 112 Å². The molecular formula is C16H17N3. The van der Waals surface area contributed by atoms with E-state index >= 15 is 0 Å². The maximum Gasteiger partial charge on any atom is 0.140 e. The highest BCUT2D eigenvalue weighted by Crippen LogP contribution is 2.29. The molecule has 3 nitrogen and oxygen atoms in total. The predicted molar refractivity (Wildman–Crippen MR) is 80.1 cm³/mol. The highest BCUT2D eigenvalue weighted by atomic mass is 14.9. The first kappa shape index (κ1) is 11.8. The van der Waals surface area contributed by atoms with E-state index in [1.54, 1.807) is 0 Å². The summed E-state index contributed by atoms with van der Waals surface area (Å²) in [6, 6.07) is 12.3. The molecule has 3 aromatic rings. The Bertz CT molecular complexity index is 721. The smallest absolute Gasteiger partial charge is 0.140 e. The molecule has 0 unspecified atom stereocenters. The van der Waals surface area contributed by atoms with E-state index in [0.29, 0.717) is 0 Å². The number of rotatable bonds is 2. The largest absolute Gasteiger partial charge is 0.398 e. The number of hydrogen-bond acceptors (Lipinski definition) is 2. The lowest BCUT2D eigenvalue weighted by Crippen LogP contribution is -1.93. The monoisotopic (exact) mass is 251 g/mol. The van der Waals surface area contributed by atoms with Gasteiger partial charge in [-0.25, -0.2) is 4.98 Å². The predicted octanol–water partition coefficient (Wildman–Crippen LogP) is 3.68. The first-order chi connectivity index (χ1) is 9.19. The van der Waals surface area contributed by atoms with E-state index in [4.69, 9.17) is 5.73 Å². The van der Waals surface area contributed by atoms with Crippen molar-refractivity contribution >= 4 is 16.7 Å². The van der Waals surface area contributed by atoms with Gasteiger partial charge in [-0.15, -0.1) is 0 Å². The van der Waals surface area contributed by atoms with Crippen molar-refractivity contribution in [1.82, 2.24) is 9.97 Å². The van der Waals surface area contributed by atoms with Gasteiger partial charge in [-0.05, 0) is 42.7 Å². The maximum absolute atomic E-state index is 6.07. The van der Waals surface area contributed by atoms with Crippen molar-refractivity contribution in [3.63, 3.8) is 0 Å². The van der Waals surface area contributed by atoms with Crippen LogP contribution in [0.2, 0.25) is 0 Å². The molecule has 0 saturated heterocycles. The number of H-pyrrole nitrogens is 1. The van der Waals surface area contributed by atoms with Crippen LogP contribution in [-0.4, -0.2) is 9.97 Å². The summed E-state index contributed by atoms with van der Waals surface area (Å²) in [5.74, 6) is 0.846. The second-order valence-electron chi connectivity index (χ2n) is 4.83. The highest BCUT2D eigenvalue weighted by molar-refractivity contribution is 5.84. The van der Waals surface area contributed by atoms with E-state index in [0.717, 1.165) is 40.1 Å². The van der Waals surface area contributed by atoms with Crippen molar-refractivity contribution in [3.05, 3.63) is 47.5 Å². The molecule has 0 aliphatic carbocycles. The summed E-state index contributed by atoms with van der Waals surface area (Å²) in [5.41, 5.74) is 12.3. The minimum Gasteiger partial charge on any atom is -0.398 e. The van der Waals surface area contributed by atoms with Gasteiger partial charge < -0.3 is 10.7 Å². The van der Waals surface area contributed by atoms with Crippen molar-refractivity contribution in [2.45, 2.75) is 20.3 Å². The zero-order valence-electron chi connectivity index (χ0n) is 11.2. The number of hydrogen-bond donors (Lipinski definition) is 2. The van der Waals surface area contributed by atoms with E-state index in [9.17, 15) is 0 Å². The van der Waals surface area contributed by atoms with Crippen molar-refractivity contribution in [2.75, 3.05) is 5.73 Å². The van der Waals surface area contributed by atoms with Crippen LogP contribution < -0.4 is 5.73 Å². The van der Waals surface area contributed by atoms with E-state index < -0.39 is 0 Å². The van der Waals surface area contributed by atoms with Gasteiger partial charge in [-0.1, -0.05) is 25.1 Å². The molecule has 0 amide bonds. The number of benzene rings is 2. The molecule has 3 heteroatoms. The molecule has 0 bridgehead atoms. The van der Waals surface area contributed by atoms with Crippen molar-refractivity contribution < 1.29 is 0 Å². The number of anilines is 1. The quantitative estimate of drug-likeness (QED) is 0.682. The van der Waals surface area contributed by atoms with Gasteiger partial charge in [-0.2, -0.15) is 0 Å². The molecule has 0 saturated carbocycles. The third-order valence-electron chi connectivity index (χ3n) is 3.50. The number of nitrogen functional groups attached to an aromatic ring is 1. The molecule has 19 heavy (non-hydrogen) atoms. The topological polar surface area (TPSA) is 54.7 Å². The van der Waals surface area contributed by atoms with E-state index in [2.05, 4.69) is 48.1 Å². The third kappa shape index (κ3) is 1.97. The van der Waals surface area contributed by atoms with Crippen LogP contribution in [0.5, 0.6) is 0 Å². The lowest BCUT2D eigenvalue weighted by molar-refractivity contribution is 1.14. The van der Waals surface area contributed by atoms with Gasteiger partial charge in [0.1, 0.15) is 5.82 Å². The molecule has 0 aliphatic rings. The molecule has 0 spiro atoms. The summed E-state index contributed by atoms with van der Waals surface area (Å²) in [6.45, 7) is 4.20. The lowest BCUT2D eigenvalue weighted by atomic mass is 10.1. The fraction of sp³-hybridized carbons (Fsp3) is 0.188. The Kier molecular flexibility index (Phi) is 2.75. The molecule has 96 valence electrons. The number of nitrogens with one attached hydrogen (secondary N) is 1. The SMILES string of the molecule is CCc1ccc2nc(-c3c(C)cccc3N)[nH]c2c1. The van der Waals surface area contributed by atoms with Gasteiger partial charge in [0.2, 0.25) is 0 Å². The number of aromatic nitrogens is 2. The summed E-state index contributed by atoms with van der Waals surface area (Å²) < 4.78 is 0. The summed E-state index contributed by atoms with van der Waals surface area (Å²) in [5, 5.41) is 0. The van der Waals surface area contributed by atoms with Crippen molar-refractivity contribution in [2.24, 2.45) is 0 Å². The Morgan fingerprint density at radius 1 is 1.21 bits per heavy atom. The Hall–Kier alpha value is -2.29. The number of aromatic amines is 1. The van der Waals surface area contributed by atoms with E-state index in [1.165, 1.54) is 5.56 Å². The highest BCUT2D eigenvalue weighted by Gasteiger charge is 2.10. The van der Waals surface area contributed by atoms with Crippen molar-refractivity contribution in [3.8, 4) is 11.4 Å². The lowest BCUT2D eigenvalue weighted by Gasteiger charge is -2.05. The van der Waals surface area contributed by atoms with Crippen LogP contribution in [0.3, 0.4) is 0 Å². The van der Waals surface area contributed by atoms with Gasteiger partial charge in [0, 0.05) is 11.3 Å². The molecule has 1 heterocycles. The van der Waals surface area contributed by atoms with Gasteiger partial charge in [-0.3, -0.25) is 0 Å². The first-order valence-corrected chi connectivity index (χ1v) is 6.53. The Morgan fingerprint density at radius 3 is 2.79 bits per heavy atom. The zero-order chi connectivity index (χ0) is 13.4. The zero-order valence-corrected chi connectivity index (χ0v) is 11.2. The summed E-state index contributed by atoms with van der Waals surface area (Å²) in [6.07, 6.45) is 1.02. The van der Waals surface area contributed by atoms with Crippen LogP contribution in [0, 0.1) is 6.92 Å². The van der Waals surface area contributed by atoms with Crippen LogP contribution in [0.15, 0.2) is 36.4 Å². The molecule has 0 atom stereocenters. The average molecular weight is 251 g/mol. The minimum absolute atomic E-state index is 0.759. The molecule has 0 fully saturated rings. The minimum atomic E-state index is 0.759. The fourth-order valence-corrected chi connectivity index (χ4v) is 2.41. The molecule has 3 rings (SSSR count). The molecule has 0 radical (unpaired) electrons. The fourth-order valence-electron chi connectivity index (χ4n) is 2.41. The van der Waals surface area contributed by atoms with Crippen LogP contribution in [-0.2, 0) is 6.42 Å². The van der Waals surface area contributed by atoms with Gasteiger partial charge in [0.15, 0.2) is 0 Å². The van der Waals surface area contributed by atoms with E-state index in [1.807, 2.05) is 12.1 Å². The molecule has 1 aromatic heterocycles. The van der Waals surface area contributed by atoms with Crippen LogP contribution in [0.25, 0.3) is 22.4 Å². The maximum atomic E-state index is 6.07. The van der Waals surface area contributed by atoms with Gasteiger partial charge in [0.25, 0.3) is 0 Å². The number of nitrogens with zero attached hydrogens (tertiary/aromatic N) is 1. The van der Waals surface area contributed by atoms with Crippen LogP contribution >= 0.6 is 0 Å². The molecule has 2 aromatic carbocycles. The second kappa shape index (κ2) is 4.43. The normalized spacial score (nSPS) is 11.1. The van der Waals surface area contributed by atoms with Gasteiger partial charge in [0.05, 0.1) is 11.0 Å². The Balaban J connectivity index is 2.21. The third-order valence-corrected chi connectivity index (χ3v) is 3.50. The van der Waals surface area contributed by atoms with E-state index in [-0.39, 0.29) is 0 Å². The van der Waals surface area contributed by atoms with Gasteiger partial charge >= 0.3 is 0 Å². The molecule has 0 aliphatic heterocycles. The summed E-state index contributed by atoms with van der Waals surface area (Å²) in [7, 11) is 0. The van der Waals surface area contributed by atoms with Crippen LogP contribution in [0.4, 0.5) is 5.69 Å². The van der Waals surface area contributed by atoms with Crippen LogP contribution in [0.1, 0.15) is 18.1 Å². The summed E-state index contributed by atoms with van der Waals surface area (Å²) in [4.78, 5) is 8.02. The Morgan fingerprint density at radius 2 is 2.05 bits per heavy atom. The number of nitrogens with two attached hydrogens (primary N) is 1. The first-order valence-electron chi connectivity index (χ1n) is 6.53. The number of aryl methyl sites for hydroxylation is 2. The number of imidazole rings is 1. The number of fused-ring (bicyclic) bond motifs is 1.